The number of hydrogen-bond donors (Lipinski definition) is 1. The summed E-state index contributed by atoms with van der Waals surface area (Å²) in [7, 11) is 3.10. The van der Waals surface area contributed by atoms with E-state index in [0.29, 0.717) is 40.7 Å². The largest absolute Gasteiger partial charge is 0.493 e. The third kappa shape index (κ3) is 6.25. The van der Waals surface area contributed by atoms with E-state index in [4.69, 9.17) is 9.47 Å². The van der Waals surface area contributed by atoms with Crippen LogP contribution in [0, 0.1) is 19.8 Å². The van der Waals surface area contributed by atoms with E-state index in [2.05, 4.69) is 29.5 Å². The number of carbonyl (C=O) groups is 2. The van der Waals surface area contributed by atoms with Crippen molar-refractivity contribution in [2.24, 2.45) is 5.92 Å². The van der Waals surface area contributed by atoms with E-state index < -0.39 is 6.04 Å². The Labute approximate surface area is 235 Å². The highest BCUT2D eigenvalue weighted by molar-refractivity contribution is 6.02. The normalized spacial score (nSPS) is 11.9. The number of carbonyl (C=O) groups excluding carboxylic acids is 2. The van der Waals surface area contributed by atoms with Crippen molar-refractivity contribution < 1.29 is 19.1 Å². The van der Waals surface area contributed by atoms with Gasteiger partial charge in [-0.15, -0.1) is 5.10 Å². The first kappa shape index (κ1) is 28.6. The molecule has 9 heteroatoms. The van der Waals surface area contributed by atoms with Crippen LogP contribution in [0.1, 0.15) is 43.0 Å². The third-order valence-corrected chi connectivity index (χ3v) is 6.85. The topological polar surface area (TPSA) is 98.6 Å². The molecular weight excluding hydrogens is 506 g/mol. The molecule has 3 aromatic carbocycles. The lowest BCUT2D eigenvalue weighted by atomic mass is 10.00. The molecule has 1 heterocycles. The molecular formula is C31H37N5O4. The molecule has 0 bridgehead atoms. The standard InChI is InChI=1S/C31H37N5O4/c1-20(2)15-16-32-31(38)30(23-13-14-27(39-5)28(18-23)40-6)36(26-17-21(3)11-12-22(26)4)29(37)19-35-25-10-8-7-9-24(25)33-34-35/h7-14,17-18,20,30H,15-16,19H2,1-6H3,(H,32,38)/t30-/m0/s1. The van der Waals surface area contributed by atoms with Crippen molar-refractivity contribution in [3.8, 4) is 11.5 Å². The van der Waals surface area contributed by atoms with E-state index in [1.165, 1.54) is 0 Å². The number of hydrogen-bond acceptors (Lipinski definition) is 6. The number of nitrogens with zero attached hydrogens (tertiary/aromatic N) is 4. The number of anilines is 1. The van der Waals surface area contributed by atoms with Gasteiger partial charge >= 0.3 is 0 Å². The number of amides is 2. The van der Waals surface area contributed by atoms with Crippen molar-refractivity contribution >= 4 is 28.5 Å². The monoisotopic (exact) mass is 543 g/mol. The average molecular weight is 544 g/mol. The van der Waals surface area contributed by atoms with Crippen LogP contribution in [0.25, 0.3) is 11.0 Å². The summed E-state index contributed by atoms with van der Waals surface area (Å²) in [6.45, 7) is 8.49. The minimum Gasteiger partial charge on any atom is -0.493 e. The maximum absolute atomic E-state index is 14.3. The second-order valence-electron chi connectivity index (χ2n) is 10.3. The fourth-order valence-corrected chi connectivity index (χ4v) is 4.66. The molecule has 0 saturated heterocycles. The number of fused-ring (bicyclic) bond motifs is 1. The van der Waals surface area contributed by atoms with Gasteiger partial charge in [0.15, 0.2) is 11.5 Å². The summed E-state index contributed by atoms with van der Waals surface area (Å²) < 4.78 is 12.6. The number of aryl methyl sites for hydroxylation is 2. The van der Waals surface area contributed by atoms with Crippen molar-refractivity contribution in [1.29, 1.82) is 0 Å². The van der Waals surface area contributed by atoms with Gasteiger partial charge in [0.25, 0.3) is 0 Å². The molecule has 210 valence electrons. The molecule has 40 heavy (non-hydrogen) atoms. The predicted octanol–water partition coefficient (Wildman–Crippen LogP) is 5.00. The van der Waals surface area contributed by atoms with Gasteiger partial charge in [-0.3, -0.25) is 14.5 Å². The van der Waals surface area contributed by atoms with Gasteiger partial charge in [-0.25, -0.2) is 4.68 Å². The van der Waals surface area contributed by atoms with Crippen LogP contribution in [0.4, 0.5) is 5.69 Å². The zero-order chi connectivity index (χ0) is 28.8. The van der Waals surface area contributed by atoms with Gasteiger partial charge in [0.1, 0.15) is 18.1 Å². The highest BCUT2D eigenvalue weighted by Crippen LogP contribution is 2.36. The molecule has 0 unspecified atom stereocenters. The Balaban J connectivity index is 1.85. The van der Waals surface area contributed by atoms with Gasteiger partial charge in [-0.2, -0.15) is 0 Å². The van der Waals surface area contributed by atoms with Crippen LogP contribution >= 0.6 is 0 Å². The van der Waals surface area contributed by atoms with Crippen LogP contribution in [-0.4, -0.2) is 47.6 Å². The first-order chi connectivity index (χ1) is 19.2. The van der Waals surface area contributed by atoms with Crippen LogP contribution in [0.3, 0.4) is 0 Å². The molecule has 0 aliphatic heterocycles. The zero-order valence-corrected chi connectivity index (χ0v) is 24.0. The molecule has 0 saturated carbocycles. The van der Waals surface area contributed by atoms with E-state index in [-0.39, 0.29) is 18.4 Å². The highest BCUT2D eigenvalue weighted by Gasteiger charge is 2.34. The molecule has 1 N–H and O–H groups in total. The second kappa shape index (κ2) is 12.6. The van der Waals surface area contributed by atoms with Crippen LogP contribution in [0.2, 0.25) is 0 Å². The number of benzene rings is 3. The molecule has 2 amide bonds. The molecule has 1 atom stereocenters. The first-order valence-corrected chi connectivity index (χ1v) is 13.4. The number of methoxy groups -OCH3 is 2. The molecule has 4 aromatic rings. The van der Waals surface area contributed by atoms with Gasteiger partial charge in [-0.05, 0) is 73.2 Å². The van der Waals surface area contributed by atoms with Crippen LogP contribution in [-0.2, 0) is 16.1 Å². The lowest BCUT2D eigenvalue weighted by Crippen LogP contribution is -2.46. The molecule has 0 aliphatic rings. The summed E-state index contributed by atoms with van der Waals surface area (Å²) in [4.78, 5) is 29.9. The van der Waals surface area contributed by atoms with Gasteiger partial charge in [0, 0.05) is 12.2 Å². The fraction of sp³-hybridized carbons (Fsp3) is 0.355. The van der Waals surface area contributed by atoms with Crippen molar-refractivity contribution in [2.75, 3.05) is 25.7 Å². The van der Waals surface area contributed by atoms with Crippen LogP contribution < -0.4 is 19.7 Å². The Hall–Kier alpha value is -4.40. The van der Waals surface area contributed by atoms with Gasteiger partial charge in [0.05, 0.1) is 19.7 Å². The SMILES string of the molecule is COc1ccc([C@@H](C(=O)NCCC(C)C)N(C(=O)Cn2nnc3ccccc32)c2cc(C)ccc2C)cc1OC. The summed E-state index contributed by atoms with van der Waals surface area (Å²) in [6, 6.07) is 17.7. The van der Waals surface area contributed by atoms with Gasteiger partial charge < -0.3 is 14.8 Å². The fourth-order valence-electron chi connectivity index (χ4n) is 4.66. The van der Waals surface area contributed by atoms with E-state index in [0.717, 1.165) is 23.1 Å². The van der Waals surface area contributed by atoms with E-state index in [9.17, 15) is 9.59 Å². The summed E-state index contributed by atoms with van der Waals surface area (Å²) in [5.41, 5.74) is 4.50. The van der Waals surface area contributed by atoms with Gasteiger partial charge in [-0.1, -0.05) is 49.4 Å². The Morgan fingerprint density at radius 1 is 0.975 bits per heavy atom. The molecule has 0 fully saturated rings. The van der Waals surface area contributed by atoms with Crippen molar-refractivity contribution in [2.45, 2.75) is 46.7 Å². The lowest BCUT2D eigenvalue weighted by molar-refractivity contribution is -0.127. The quantitative estimate of drug-likeness (QED) is 0.286. The minimum absolute atomic E-state index is 0.100. The number of ether oxygens (including phenoxy) is 2. The van der Waals surface area contributed by atoms with Gasteiger partial charge in [0.2, 0.25) is 11.8 Å². The van der Waals surface area contributed by atoms with Crippen molar-refractivity contribution in [3.63, 3.8) is 0 Å². The Morgan fingerprint density at radius 3 is 2.45 bits per heavy atom. The Kier molecular flexibility index (Phi) is 9.04. The maximum atomic E-state index is 14.3. The summed E-state index contributed by atoms with van der Waals surface area (Å²) in [5, 5.41) is 11.5. The molecule has 0 spiro atoms. The summed E-state index contributed by atoms with van der Waals surface area (Å²) in [6.07, 6.45) is 0.812. The molecule has 0 radical (unpaired) electrons. The average Bonchev–Trinajstić information content (AvgIpc) is 3.35. The first-order valence-electron chi connectivity index (χ1n) is 13.4. The lowest BCUT2D eigenvalue weighted by Gasteiger charge is -2.33. The number of aromatic nitrogens is 3. The second-order valence-corrected chi connectivity index (χ2v) is 10.3. The van der Waals surface area contributed by atoms with Crippen molar-refractivity contribution in [1.82, 2.24) is 20.3 Å². The highest BCUT2D eigenvalue weighted by atomic mass is 16.5. The zero-order valence-electron chi connectivity index (χ0n) is 24.0. The summed E-state index contributed by atoms with van der Waals surface area (Å²) >= 11 is 0. The molecule has 4 rings (SSSR count). The smallest absolute Gasteiger partial charge is 0.249 e. The predicted molar refractivity (Wildman–Crippen MR) is 156 cm³/mol. The number of para-hydroxylation sites is 1. The Bertz CT molecular complexity index is 1500. The molecule has 0 aliphatic carbocycles. The van der Waals surface area contributed by atoms with E-state index in [1.807, 2.05) is 56.3 Å². The minimum atomic E-state index is -0.977. The third-order valence-electron chi connectivity index (χ3n) is 6.85. The van der Waals surface area contributed by atoms with Crippen LogP contribution in [0.15, 0.2) is 60.7 Å². The van der Waals surface area contributed by atoms with E-state index >= 15 is 0 Å². The number of nitrogens with one attached hydrogen (secondary N) is 1. The molecule has 9 nitrogen and oxygen atoms in total. The van der Waals surface area contributed by atoms with Crippen LogP contribution in [0.5, 0.6) is 11.5 Å². The van der Waals surface area contributed by atoms with Crippen molar-refractivity contribution in [3.05, 3.63) is 77.4 Å². The maximum Gasteiger partial charge on any atom is 0.249 e. The number of rotatable bonds is 11. The Morgan fingerprint density at radius 2 is 1.73 bits per heavy atom. The van der Waals surface area contributed by atoms with E-state index in [1.54, 1.807) is 42.0 Å². The summed E-state index contributed by atoms with van der Waals surface area (Å²) in [5.74, 6) is 0.824. The molecule has 1 aromatic heterocycles.